The van der Waals surface area contributed by atoms with Gasteiger partial charge < -0.3 is 5.11 Å². The van der Waals surface area contributed by atoms with Crippen LogP contribution in [0.1, 0.15) is 30.4 Å². The Morgan fingerprint density at radius 2 is 2.03 bits per heavy atom. The van der Waals surface area contributed by atoms with Gasteiger partial charge in [0.25, 0.3) is 0 Å². The summed E-state index contributed by atoms with van der Waals surface area (Å²) in [6, 6.07) is 9.18. The number of carbonyl (C=O) groups excluding carboxylic acids is 2. The molecule has 2 aromatic rings. The number of carbonyl (C=O) groups is 2. The number of halogens is 2. The molecule has 2 aromatic carbocycles. The maximum Gasteiger partial charge on any atom is 0.241 e. The molecule has 0 saturated carbocycles. The van der Waals surface area contributed by atoms with Crippen LogP contribution in [0.15, 0.2) is 73.4 Å². The first-order chi connectivity index (χ1) is 15.2. The lowest BCUT2D eigenvalue weighted by Crippen LogP contribution is -2.41. The van der Waals surface area contributed by atoms with Crippen molar-refractivity contribution in [3.05, 3.63) is 95.3 Å². The van der Waals surface area contributed by atoms with E-state index >= 15 is 0 Å². The van der Waals surface area contributed by atoms with Crippen molar-refractivity contribution in [2.75, 3.05) is 4.90 Å². The molecule has 1 N–H and O–H groups in total. The zero-order chi connectivity index (χ0) is 23.2. The van der Waals surface area contributed by atoms with Gasteiger partial charge in [-0.15, -0.1) is 6.58 Å². The second-order valence-electron chi connectivity index (χ2n) is 8.34. The lowest BCUT2D eigenvalue weighted by atomic mass is 9.59. The van der Waals surface area contributed by atoms with Crippen molar-refractivity contribution in [1.29, 1.82) is 0 Å². The average molecular weight is 452 g/mol. The van der Waals surface area contributed by atoms with Gasteiger partial charge in [-0.05, 0) is 49.1 Å². The summed E-state index contributed by atoms with van der Waals surface area (Å²) >= 11 is 5.92. The molecule has 0 bridgehead atoms. The third kappa shape index (κ3) is 3.11. The van der Waals surface area contributed by atoms with E-state index in [-0.39, 0.29) is 22.4 Å². The van der Waals surface area contributed by atoms with Crippen LogP contribution < -0.4 is 4.90 Å². The van der Waals surface area contributed by atoms with Crippen molar-refractivity contribution in [2.24, 2.45) is 11.3 Å². The molecular weight excluding hydrogens is 429 g/mol. The normalized spacial score (nSPS) is 24.8. The first-order valence-electron chi connectivity index (χ1n) is 10.3. The number of rotatable bonds is 5. The lowest BCUT2D eigenvalue weighted by molar-refractivity contribution is -0.127. The first kappa shape index (κ1) is 22.0. The highest BCUT2D eigenvalue weighted by molar-refractivity contribution is 6.31. The second kappa shape index (κ2) is 8.06. The molecular formula is C26H23ClFNO3. The number of nitrogens with zero attached hydrogens (tertiary/aromatic N) is 1. The van der Waals surface area contributed by atoms with Crippen LogP contribution in [0.5, 0.6) is 5.75 Å². The van der Waals surface area contributed by atoms with Gasteiger partial charge in [-0.1, -0.05) is 54.6 Å². The van der Waals surface area contributed by atoms with Crippen LogP contribution in [0.3, 0.4) is 0 Å². The van der Waals surface area contributed by atoms with Crippen LogP contribution in [-0.2, 0) is 16.0 Å². The van der Waals surface area contributed by atoms with Gasteiger partial charge in [0.1, 0.15) is 11.6 Å². The number of aromatic hydroxyl groups is 1. The summed E-state index contributed by atoms with van der Waals surface area (Å²) < 4.78 is 13.7. The molecule has 1 aliphatic heterocycles. The molecule has 4 rings (SSSR count). The summed E-state index contributed by atoms with van der Waals surface area (Å²) in [6.07, 6.45) is 6.08. The van der Waals surface area contributed by atoms with E-state index in [9.17, 15) is 19.1 Å². The number of anilines is 1. The van der Waals surface area contributed by atoms with Crippen LogP contribution in [0, 0.1) is 17.2 Å². The third-order valence-corrected chi connectivity index (χ3v) is 6.94. The number of fused-ring (bicyclic) bond motifs is 1. The Labute approximate surface area is 191 Å². The van der Waals surface area contributed by atoms with Crippen molar-refractivity contribution in [3.8, 4) is 5.75 Å². The van der Waals surface area contributed by atoms with Crippen molar-refractivity contribution >= 4 is 29.1 Å². The van der Waals surface area contributed by atoms with Crippen LogP contribution in [0.2, 0.25) is 5.02 Å². The van der Waals surface area contributed by atoms with Gasteiger partial charge in [0, 0.05) is 11.5 Å². The number of imide groups is 1. The summed E-state index contributed by atoms with van der Waals surface area (Å²) in [4.78, 5) is 28.4. The van der Waals surface area contributed by atoms with Gasteiger partial charge in [-0.2, -0.15) is 0 Å². The highest BCUT2D eigenvalue weighted by atomic mass is 35.5. The van der Waals surface area contributed by atoms with Crippen LogP contribution in [-0.4, -0.2) is 16.9 Å². The smallest absolute Gasteiger partial charge is 0.241 e. The summed E-state index contributed by atoms with van der Waals surface area (Å²) in [5.74, 6) is -2.56. The van der Waals surface area contributed by atoms with Gasteiger partial charge in [0.15, 0.2) is 0 Å². The number of benzene rings is 2. The Hall–Kier alpha value is -3.18. The largest absolute Gasteiger partial charge is 0.507 e. The number of hydrogen-bond donors (Lipinski definition) is 1. The predicted molar refractivity (Wildman–Crippen MR) is 123 cm³/mol. The van der Waals surface area contributed by atoms with Crippen molar-refractivity contribution in [2.45, 2.75) is 25.7 Å². The highest BCUT2D eigenvalue weighted by Crippen LogP contribution is 2.58. The molecule has 1 fully saturated rings. The molecule has 0 spiro atoms. The molecule has 2 aliphatic rings. The molecule has 0 radical (unpaired) electrons. The van der Waals surface area contributed by atoms with E-state index < -0.39 is 29.0 Å². The summed E-state index contributed by atoms with van der Waals surface area (Å²) in [7, 11) is 0. The minimum Gasteiger partial charge on any atom is -0.507 e. The quantitative estimate of drug-likeness (QED) is 0.468. The van der Waals surface area contributed by atoms with Gasteiger partial charge in [-0.3, -0.25) is 9.59 Å². The molecule has 164 valence electrons. The zero-order valence-electron chi connectivity index (χ0n) is 17.6. The Morgan fingerprint density at radius 1 is 1.28 bits per heavy atom. The first-order valence-corrected chi connectivity index (χ1v) is 10.7. The standard InChI is InChI=1S/C26H23ClFNO3/c1-4-7-16-8-6-9-18(23(16)30)22-15(5-2)10-12-19-24(31)29(25(32)26(19,22)3)17-11-13-21(28)20(27)14-17/h4-6,8-11,13-14,19,22,30H,1-2,7,12H2,3H3/t19-,22+,26+/m0/s1. The number of hydrogen-bond acceptors (Lipinski definition) is 3. The molecule has 1 heterocycles. The van der Waals surface area contributed by atoms with E-state index in [4.69, 9.17) is 11.6 Å². The van der Waals surface area contributed by atoms with Gasteiger partial charge >= 0.3 is 0 Å². The molecule has 4 nitrogen and oxygen atoms in total. The molecule has 3 atom stereocenters. The molecule has 32 heavy (non-hydrogen) atoms. The third-order valence-electron chi connectivity index (χ3n) is 6.65. The number of phenolic OH excluding ortho intramolecular Hbond substituents is 1. The van der Waals surface area contributed by atoms with E-state index in [1.165, 1.54) is 12.1 Å². The Balaban J connectivity index is 1.89. The van der Waals surface area contributed by atoms with E-state index in [0.717, 1.165) is 16.5 Å². The minimum atomic E-state index is -1.17. The zero-order valence-corrected chi connectivity index (χ0v) is 18.4. The molecule has 0 aromatic heterocycles. The molecule has 6 heteroatoms. The SMILES string of the molecule is C=CCc1cccc([C@H]2C(C=C)=CC[C@H]3C(=O)N(c4ccc(F)c(Cl)c4)C(=O)[C@@]23C)c1O. The fraction of sp³-hybridized carbons (Fsp3) is 0.231. The predicted octanol–water partition coefficient (Wildman–Crippen LogP) is 5.71. The van der Waals surface area contributed by atoms with E-state index in [1.807, 2.05) is 12.1 Å². The van der Waals surface area contributed by atoms with Crippen molar-refractivity contribution in [1.82, 2.24) is 0 Å². The van der Waals surface area contributed by atoms with Gasteiger partial charge in [0.05, 0.1) is 22.0 Å². The maximum atomic E-state index is 13.8. The van der Waals surface area contributed by atoms with E-state index in [0.29, 0.717) is 24.0 Å². The Morgan fingerprint density at radius 3 is 2.69 bits per heavy atom. The van der Waals surface area contributed by atoms with Crippen LogP contribution in [0.25, 0.3) is 0 Å². The minimum absolute atomic E-state index is 0.0792. The molecule has 1 aliphatic carbocycles. The number of amides is 2. The van der Waals surface area contributed by atoms with Crippen LogP contribution in [0.4, 0.5) is 10.1 Å². The van der Waals surface area contributed by atoms with Gasteiger partial charge in [0.2, 0.25) is 11.8 Å². The summed E-state index contributed by atoms with van der Waals surface area (Å²) in [6.45, 7) is 9.39. The average Bonchev–Trinajstić information content (AvgIpc) is 2.97. The van der Waals surface area contributed by atoms with Crippen LogP contribution >= 0.6 is 11.6 Å². The maximum absolute atomic E-state index is 13.8. The fourth-order valence-electron chi connectivity index (χ4n) is 5.03. The topological polar surface area (TPSA) is 57.6 Å². The summed E-state index contributed by atoms with van der Waals surface area (Å²) in [5, 5.41) is 10.9. The van der Waals surface area contributed by atoms with Crippen molar-refractivity contribution in [3.63, 3.8) is 0 Å². The number of phenols is 1. The van der Waals surface area contributed by atoms with Crippen molar-refractivity contribution < 1.29 is 19.1 Å². The summed E-state index contributed by atoms with van der Waals surface area (Å²) in [5.41, 5.74) is 1.08. The highest BCUT2D eigenvalue weighted by Gasteiger charge is 2.62. The molecule has 1 saturated heterocycles. The lowest BCUT2D eigenvalue weighted by Gasteiger charge is -2.40. The number of allylic oxidation sites excluding steroid dienone is 4. The Kier molecular flexibility index (Phi) is 5.55. The van der Waals surface area contributed by atoms with E-state index in [1.54, 1.807) is 31.2 Å². The monoisotopic (exact) mass is 451 g/mol. The second-order valence-corrected chi connectivity index (χ2v) is 8.74. The fourth-order valence-corrected chi connectivity index (χ4v) is 5.20. The Bertz CT molecular complexity index is 1190. The molecule has 0 unspecified atom stereocenters. The number of para-hydroxylation sites is 1. The van der Waals surface area contributed by atoms with E-state index in [2.05, 4.69) is 13.2 Å². The molecule has 2 amide bonds. The van der Waals surface area contributed by atoms with Gasteiger partial charge in [-0.25, -0.2) is 9.29 Å².